The molecule has 1 saturated heterocycles. The lowest BCUT2D eigenvalue weighted by molar-refractivity contribution is -0.133. The number of aryl methyl sites for hydroxylation is 1. The molecule has 2 aromatic rings. The number of aliphatic hydroxyl groups excluding tert-OH is 1. The van der Waals surface area contributed by atoms with Crippen LogP contribution in [0.3, 0.4) is 0 Å². The highest BCUT2D eigenvalue weighted by molar-refractivity contribution is 7.09. The van der Waals surface area contributed by atoms with Gasteiger partial charge in [0, 0.05) is 37.5 Å². The Kier molecular flexibility index (Phi) is 5.41. The standard InChI is InChI=1S/C18H22N2O2S/c21-17(7-6-16-19-10-13-23-16)20-11-8-15(9-12-20)18(22)14-4-2-1-3-5-14/h1-5,10,13,15,18,22H,6-9,11-12H2/t18-/m1/s1. The molecular formula is C18H22N2O2S. The van der Waals surface area contributed by atoms with Crippen LogP contribution in [-0.4, -0.2) is 34.0 Å². The van der Waals surface area contributed by atoms with Crippen LogP contribution in [0.15, 0.2) is 41.9 Å². The second-order valence-electron chi connectivity index (χ2n) is 6.00. The van der Waals surface area contributed by atoms with Crippen molar-refractivity contribution >= 4 is 17.2 Å². The third-order valence-corrected chi connectivity index (χ3v) is 5.36. The van der Waals surface area contributed by atoms with Crippen LogP contribution in [0, 0.1) is 5.92 Å². The third-order valence-electron chi connectivity index (χ3n) is 4.52. The highest BCUT2D eigenvalue weighted by Gasteiger charge is 2.28. The Labute approximate surface area is 140 Å². The minimum atomic E-state index is -0.427. The molecular weight excluding hydrogens is 308 g/mol. The summed E-state index contributed by atoms with van der Waals surface area (Å²) >= 11 is 1.60. The predicted molar refractivity (Wildman–Crippen MR) is 91.1 cm³/mol. The van der Waals surface area contributed by atoms with E-state index in [-0.39, 0.29) is 11.8 Å². The number of hydrogen-bond donors (Lipinski definition) is 1. The lowest BCUT2D eigenvalue weighted by Crippen LogP contribution is -2.39. The largest absolute Gasteiger partial charge is 0.388 e. The number of piperidine rings is 1. The summed E-state index contributed by atoms with van der Waals surface area (Å²) in [6.07, 6.45) is 4.32. The number of nitrogens with zero attached hydrogens (tertiary/aromatic N) is 2. The average molecular weight is 330 g/mol. The van der Waals surface area contributed by atoms with Crippen LogP contribution in [-0.2, 0) is 11.2 Å². The molecule has 1 aliphatic rings. The van der Waals surface area contributed by atoms with Crippen molar-refractivity contribution in [3.8, 4) is 0 Å². The quantitative estimate of drug-likeness (QED) is 0.917. The van der Waals surface area contributed by atoms with Crippen molar-refractivity contribution in [2.75, 3.05) is 13.1 Å². The maximum Gasteiger partial charge on any atom is 0.222 e. The van der Waals surface area contributed by atoms with Gasteiger partial charge in [-0.3, -0.25) is 4.79 Å². The normalized spacial score (nSPS) is 17.2. The molecule has 0 unspecified atom stereocenters. The van der Waals surface area contributed by atoms with Crippen LogP contribution in [0.4, 0.5) is 0 Å². The van der Waals surface area contributed by atoms with Gasteiger partial charge >= 0.3 is 0 Å². The maximum atomic E-state index is 12.3. The van der Waals surface area contributed by atoms with E-state index < -0.39 is 6.10 Å². The van der Waals surface area contributed by atoms with E-state index in [1.165, 1.54) is 0 Å². The first-order chi connectivity index (χ1) is 11.2. The average Bonchev–Trinajstić information content (AvgIpc) is 3.13. The van der Waals surface area contributed by atoms with Crippen LogP contribution < -0.4 is 0 Å². The fourth-order valence-electron chi connectivity index (χ4n) is 3.14. The lowest BCUT2D eigenvalue weighted by atomic mass is 9.87. The van der Waals surface area contributed by atoms with E-state index in [4.69, 9.17) is 0 Å². The fourth-order valence-corrected chi connectivity index (χ4v) is 3.76. The first-order valence-electron chi connectivity index (χ1n) is 8.13. The Morgan fingerprint density at radius 2 is 2.04 bits per heavy atom. The summed E-state index contributed by atoms with van der Waals surface area (Å²) in [7, 11) is 0. The van der Waals surface area contributed by atoms with Gasteiger partial charge in [0.1, 0.15) is 0 Å². The van der Waals surface area contributed by atoms with Gasteiger partial charge in [0.15, 0.2) is 0 Å². The fraction of sp³-hybridized carbons (Fsp3) is 0.444. The van der Waals surface area contributed by atoms with E-state index in [1.807, 2.05) is 40.6 Å². The van der Waals surface area contributed by atoms with Crippen molar-refractivity contribution in [1.82, 2.24) is 9.88 Å². The molecule has 1 aliphatic heterocycles. The topological polar surface area (TPSA) is 53.4 Å². The van der Waals surface area contributed by atoms with Gasteiger partial charge in [0.25, 0.3) is 0 Å². The molecule has 4 nitrogen and oxygen atoms in total. The molecule has 23 heavy (non-hydrogen) atoms. The second-order valence-corrected chi connectivity index (χ2v) is 6.98. The number of rotatable bonds is 5. The van der Waals surface area contributed by atoms with Crippen LogP contribution in [0.5, 0.6) is 0 Å². The minimum absolute atomic E-state index is 0.202. The number of aliphatic hydroxyl groups is 1. The highest BCUT2D eigenvalue weighted by Crippen LogP contribution is 2.30. The van der Waals surface area contributed by atoms with Gasteiger partial charge in [-0.1, -0.05) is 30.3 Å². The summed E-state index contributed by atoms with van der Waals surface area (Å²) < 4.78 is 0. The number of aromatic nitrogens is 1. The van der Waals surface area contributed by atoms with E-state index in [1.54, 1.807) is 17.5 Å². The number of hydrogen-bond acceptors (Lipinski definition) is 4. The monoisotopic (exact) mass is 330 g/mol. The Balaban J connectivity index is 1.47. The van der Waals surface area contributed by atoms with Gasteiger partial charge in [-0.25, -0.2) is 4.98 Å². The number of carbonyl (C=O) groups is 1. The first-order valence-corrected chi connectivity index (χ1v) is 9.01. The molecule has 0 spiro atoms. The lowest BCUT2D eigenvalue weighted by Gasteiger charge is -2.34. The molecule has 1 N–H and O–H groups in total. The number of amides is 1. The molecule has 1 aromatic carbocycles. The predicted octanol–water partition coefficient (Wildman–Crippen LogP) is 3.05. The van der Waals surface area contributed by atoms with Crippen LogP contribution in [0.25, 0.3) is 0 Å². The summed E-state index contributed by atoms with van der Waals surface area (Å²) in [5, 5.41) is 13.4. The molecule has 1 atom stereocenters. The van der Waals surface area contributed by atoms with Crippen molar-refractivity contribution in [2.45, 2.75) is 31.8 Å². The molecule has 0 radical (unpaired) electrons. The van der Waals surface area contributed by atoms with Gasteiger partial charge in [0.05, 0.1) is 11.1 Å². The van der Waals surface area contributed by atoms with Crippen molar-refractivity contribution < 1.29 is 9.90 Å². The maximum absolute atomic E-state index is 12.3. The third kappa shape index (κ3) is 4.18. The minimum Gasteiger partial charge on any atom is -0.388 e. The van der Waals surface area contributed by atoms with Crippen LogP contribution in [0.2, 0.25) is 0 Å². The zero-order valence-electron chi connectivity index (χ0n) is 13.1. The highest BCUT2D eigenvalue weighted by atomic mass is 32.1. The molecule has 5 heteroatoms. The number of benzene rings is 1. The summed E-state index contributed by atoms with van der Waals surface area (Å²) in [6, 6.07) is 9.80. The Bertz CT molecular complexity index is 607. The van der Waals surface area contributed by atoms with Crippen LogP contribution >= 0.6 is 11.3 Å². The van der Waals surface area contributed by atoms with E-state index in [2.05, 4.69) is 4.98 Å². The van der Waals surface area contributed by atoms with Gasteiger partial charge in [-0.2, -0.15) is 0 Å². The number of carbonyl (C=O) groups excluding carboxylic acids is 1. The summed E-state index contributed by atoms with van der Waals surface area (Å²) in [4.78, 5) is 18.4. The van der Waals surface area contributed by atoms with Crippen molar-refractivity contribution in [1.29, 1.82) is 0 Å². The Morgan fingerprint density at radius 3 is 2.70 bits per heavy atom. The zero-order valence-corrected chi connectivity index (χ0v) is 13.9. The SMILES string of the molecule is O=C(CCc1nccs1)N1CCC([C@H](O)c2ccccc2)CC1. The molecule has 1 fully saturated rings. The Morgan fingerprint density at radius 1 is 1.30 bits per heavy atom. The second kappa shape index (κ2) is 7.70. The van der Waals surface area contributed by atoms with E-state index in [9.17, 15) is 9.90 Å². The molecule has 2 heterocycles. The number of likely N-dealkylation sites (tertiary alicyclic amines) is 1. The molecule has 3 rings (SSSR count). The van der Waals surface area contributed by atoms with E-state index >= 15 is 0 Å². The first kappa shape index (κ1) is 16.1. The summed E-state index contributed by atoms with van der Waals surface area (Å²) in [5.74, 6) is 0.438. The van der Waals surface area contributed by atoms with Gasteiger partial charge in [-0.15, -0.1) is 11.3 Å². The zero-order chi connectivity index (χ0) is 16.1. The smallest absolute Gasteiger partial charge is 0.222 e. The molecule has 0 bridgehead atoms. The molecule has 1 amide bonds. The van der Waals surface area contributed by atoms with Gasteiger partial charge in [-0.05, 0) is 24.3 Å². The molecule has 1 aromatic heterocycles. The summed E-state index contributed by atoms with van der Waals surface area (Å²) in [6.45, 7) is 1.48. The number of thiazole rings is 1. The van der Waals surface area contributed by atoms with Gasteiger partial charge < -0.3 is 10.0 Å². The van der Waals surface area contributed by atoms with Crippen molar-refractivity contribution in [3.63, 3.8) is 0 Å². The van der Waals surface area contributed by atoms with E-state index in [0.717, 1.165) is 42.9 Å². The van der Waals surface area contributed by atoms with Crippen molar-refractivity contribution in [3.05, 3.63) is 52.5 Å². The van der Waals surface area contributed by atoms with Crippen molar-refractivity contribution in [2.24, 2.45) is 5.92 Å². The molecule has 122 valence electrons. The summed E-state index contributed by atoms with van der Waals surface area (Å²) in [5.41, 5.74) is 0.973. The van der Waals surface area contributed by atoms with Gasteiger partial charge in [0.2, 0.25) is 5.91 Å². The molecule has 0 aliphatic carbocycles. The van der Waals surface area contributed by atoms with E-state index in [0.29, 0.717) is 6.42 Å². The molecule has 0 saturated carbocycles. The Hall–Kier alpha value is -1.72. The van der Waals surface area contributed by atoms with Crippen LogP contribution in [0.1, 0.15) is 35.9 Å².